The highest BCUT2D eigenvalue weighted by Gasteiger charge is 2.58. The van der Waals surface area contributed by atoms with Crippen molar-refractivity contribution in [2.24, 2.45) is 0 Å². The van der Waals surface area contributed by atoms with Gasteiger partial charge in [0.15, 0.2) is 0 Å². The first-order valence-corrected chi connectivity index (χ1v) is 8.91. The molecule has 0 radical (unpaired) electrons. The first-order chi connectivity index (χ1) is 12.3. The van der Waals surface area contributed by atoms with E-state index in [-0.39, 0.29) is 23.3 Å². The lowest BCUT2D eigenvalue weighted by Gasteiger charge is -2.32. The number of hydrogen-bond acceptors (Lipinski definition) is 4. The molecule has 0 aliphatic carbocycles. The molecule has 0 aromatic heterocycles. The molecular formula is C17H11ClF2N2O3S. The van der Waals surface area contributed by atoms with Crippen LogP contribution in [0.2, 0.25) is 0 Å². The number of thioether (sulfide) groups is 1. The molecule has 134 valence electrons. The van der Waals surface area contributed by atoms with Gasteiger partial charge in [-0.3, -0.25) is 14.5 Å². The van der Waals surface area contributed by atoms with E-state index in [9.17, 15) is 18.4 Å². The molecule has 1 fully saturated rings. The van der Waals surface area contributed by atoms with E-state index in [0.717, 1.165) is 0 Å². The molecule has 2 heterocycles. The van der Waals surface area contributed by atoms with Crippen molar-refractivity contribution in [2.75, 3.05) is 16.0 Å². The van der Waals surface area contributed by atoms with Crippen molar-refractivity contribution in [1.82, 2.24) is 0 Å². The van der Waals surface area contributed by atoms with E-state index in [1.54, 1.807) is 24.3 Å². The van der Waals surface area contributed by atoms with E-state index in [4.69, 9.17) is 11.6 Å². The summed E-state index contributed by atoms with van der Waals surface area (Å²) in [6, 6.07) is 12.6. The Kier molecular flexibility index (Phi) is 3.85. The average molecular weight is 397 g/mol. The number of nitrogens with zero attached hydrogens (tertiary/aromatic N) is 1. The van der Waals surface area contributed by atoms with E-state index in [2.05, 4.69) is 10.1 Å². The van der Waals surface area contributed by atoms with Crippen LogP contribution >= 0.6 is 23.4 Å². The van der Waals surface area contributed by atoms with E-state index in [0.29, 0.717) is 16.9 Å². The van der Waals surface area contributed by atoms with Crippen molar-refractivity contribution in [3.63, 3.8) is 0 Å². The van der Waals surface area contributed by atoms with Crippen molar-refractivity contribution in [3.8, 4) is 5.75 Å². The highest BCUT2D eigenvalue weighted by Crippen LogP contribution is 2.53. The van der Waals surface area contributed by atoms with E-state index >= 15 is 0 Å². The third-order valence-electron chi connectivity index (χ3n) is 4.15. The van der Waals surface area contributed by atoms with Gasteiger partial charge in [0.25, 0.3) is 5.91 Å². The Morgan fingerprint density at radius 1 is 1.15 bits per heavy atom. The number of rotatable bonds is 3. The lowest BCUT2D eigenvalue weighted by molar-refractivity contribution is -0.122. The first kappa shape index (κ1) is 17.1. The Morgan fingerprint density at radius 3 is 2.54 bits per heavy atom. The Bertz CT molecular complexity index is 904. The minimum atomic E-state index is -3.83. The van der Waals surface area contributed by atoms with E-state index in [1.807, 2.05) is 0 Å². The number of benzene rings is 2. The second-order valence-corrected chi connectivity index (χ2v) is 7.31. The SMILES string of the molecule is O=C1CS[C@]2(C(=O)Nc3ccccc32)N1c1ccc(OC(F)(F)Cl)cc1. The third-order valence-corrected chi connectivity index (χ3v) is 5.62. The summed E-state index contributed by atoms with van der Waals surface area (Å²) in [5.74, 6) is -0.599. The number of carbonyl (C=O) groups excluding carboxylic acids is 2. The number of nitrogens with one attached hydrogen (secondary N) is 1. The molecule has 2 aliphatic rings. The zero-order chi connectivity index (χ0) is 18.5. The molecule has 2 aliphatic heterocycles. The molecule has 26 heavy (non-hydrogen) atoms. The highest BCUT2D eigenvalue weighted by molar-refractivity contribution is 8.02. The standard InChI is InChI=1S/C17H11ClF2N2O3S/c18-17(19,20)25-11-7-5-10(6-8-11)22-14(23)9-26-16(22)12-3-1-2-4-13(12)21-15(16)24/h1-8H,9H2,(H,21,24)/t16-/m1/s1. The zero-order valence-electron chi connectivity index (χ0n) is 13.0. The summed E-state index contributed by atoms with van der Waals surface area (Å²) < 4.78 is 29.8. The van der Waals surface area contributed by atoms with Gasteiger partial charge in [0, 0.05) is 28.5 Å². The number of amides is 2. The first-order valence-electron chi connectivity index (χ1n) is 7.55. The number of ether oxygens (including phenoxy) is 1. The maximum absolute atomic E-state index is 12.8. The fraction of sp³-hybridized carbons (Fsp3) is 0.176. The number of hydrogen-bond donors (Lipinski definition) is 1. The monoisotopic (exact) mass is 396 g/mol. The Balaban J connectivity index is 1.76. The predicted octanol–water partition coefficient (Wildman–Crippen LogP) is 3.74. The summed E-state index contributed by atoms with van der Waals surface area (Å²) in [5, 5.41) is 2.80. The number of carbonyl (C=O) groups is 2. The topological polar surface area (TPSA) is 58.6 Å². The van der Waals surface area contributed by atoms with Crippen LogP contribution in [0.4, 0.5) is 20.2 Å². The Morgan fingerprint density at radius 2 is 1.85 bits per heavy atom. The molecule has 9 heteroatoms. The molecule has 2 amide bonds. The van der Waals surface area contributed by atoms with Gasteiger partial charge in [-0.15, -0.1) is 20.5 Å². The van der Waals surface area contributed by atoms with Gasteiger partial charge in [-0.25, -0.2) is 0 Å². The smallest absolute Gasteiger partial charge is 0.420 e. The molecular weight excluding hydrogens is 386 g/mol. The molecule has 2 aromatic rings. The summed E-state index contributed by atoms with van der Waals surface area (Å²) in [5.41, 5.74) is -2.09. The minimum Gasteiger partial charge on any atom is -0.420 e. The number of fused-ring (bicyclic) bond motifs is 2. The van der Waals surface area contributed by atoms with Crippen LogP contribution in [0, 0.1) is 0 Å². The van der Waals surface area contributed by atoms with Crippen LogP contribution in [0.3, 0.4) is 0 Å². The summed E-state index contributed by atoms with van der Waals surface area (Å²) in [4.78, 5) is 25.5. The van der Waals surface area contributed by atoms with Gasteiger partial charge in [0.1, 0.15) is 5.75 Å². The number of halogens is 3. The molecule has 5 nitrogen and oxygen atoms in total. The lowest BCUT2D eigenvalue weighted by atomic mass is 10.0. The predicted molar refractivity (Wildman–Crippen MR) is 94.6 cm³/mol. The molecule has 4 rings (SSSR count). The van der Waals surface area contributed by atoms with Gasteiger partial charge in [-0.1, -0.05) is 18.2 Å². The highest BCUT2D eigenvalue weighted by atomic mass is 35.5. The Labute approximate surface area is 156 Å². The van der Waals surface area contributed by atoms with Crippen LogP contribution in [-0.4, -0.2) is 23.1 Å². The second kappa shape index (κ2) is 5.85. The normalized spacial score (nSPS) is 21.9. The molecule has 1 atom stereocenters. The molecule has 1 saturated heterocycles. The van der Waals surface area contributed by atoms with Crippen molar-refractivity contribution in [1.29, 1.82) is 0 Å². The van der Waals surface area contributed by atoms with Crippen molar-refractivity contribution >= 4 is 46.6 Å². The van der Waals surface area contributed by atoms with Crippen LogP contribution in [-0.2, 0) is 14.5 Å². The van der Waals surface area contributed by atoms with Crippen LogP contribution in [0.15, 0.2) is 48.5 Å². The van der Waals surface area contributed by atoms with Crippen molar-refractivity contribution in [2.45, 2.75) is 10.4 Å². The molecule has 0 saturated carbocycles. The Hall–Kier alpha value is -2.32. The second-order valence-electron chi connectivity index (χ2n) is 5.70. The zero-order valence-corrected chi connectivity index (χ0v) is 14.6. The van der Waals surface area contributed by atoms with Crippen LogP contribution < -0.4 is 15.0 Å². The molecule has 0 unspecified atom stereocenters. The maximum Gasteiger partial charge on any atom is 0.487 e. The van der Waals surface area contributed by atoms with Crippen molar-refractivity contribution in [3.05, 3.63) is 54.1 Å². The van der Waals surface area contributed by atoms with Crippen LogP contribution in [0.25, 0.3) is 0 Å². The molecule has 2 aromatic carbocycles. The average Bonchev–Trinajstić information content (AvgIpc) is 3.06. The van der Waals surface area contributed by atoms with Gasteiger partial charge >= 0.3 is 5.57 Å². The lowest BCUT2D eigenvalue weighted by Crippen LogP contribution is -2.47. The quantitative estimate of drug-likeness (QED) is 0.803. The number of alkyl halides is 3. The summed E-state index contributed by atoms with van der Waals surface area (Å²) >= 11 is 5.98. The van der Waals surface area contributed by atoms with Crippen LogP contribution in [0.5, 0.6) is 5.75 Å². The van der Waals surface area contributed by atoms with Gasteiger partial charge in [0.05, 0.1) is 5.75 Å². The largest absolute Gasteiger partial charge is 0.487 e. The van der Waals surface area contributed by atoms with E-state index < -0.39 is 10.4 Å². The fourth-order valence-electron chi connectivity index (χ4n) is 3.18. The van der Waals surface area contributed by atoms with Gasteiger partial charge < -0.3 is 10.1 Å². The minimum absolute atomic E-state index is 0.125. The summed E-state index contributed by atoms with van der Waals surface area (Å²) in [6.45, 7) is 0. The summed E-state index contributed by atoms with van der Waals surface area (Å²) in [7, 11) is 0. The van der Waals surface area contributed by atoms with Gasteiger partial charge in [0.2, 0.25) is 10.8 Å². The molecule has 1 N–H and O–H groups in total. The number of anilines is 2. The fourth-order valence-corrected chi connectivity index (χ4v) is 4.58. The summed E-state index contributed by atoms with van der Waals surface area (Å²) in [6.07, 6.45) is 0. The van der Waals surface area contributed by atoms with Gasteiger partial charge in [-0.05, 0) is 30.3 Å². The van der Waals surface area contributed by atoms with Crippen molar-refractivity contribution < 1.29 is 23.1 Å². The van der Waals surface area contributed by atoms with E-state index in [1.165, 1.54) is 40.9 Å². The molecule has 1 spiro atoms. The number of para-hydroxylation sites is 1. The maximum atomic E-state index is 12.8. The third kappa shape index (κ3) is 2.60. The van der Waals surface area contributed by atoms with Crippen LogP contribution in [0.1, 0.15) is 5.56 Å². The molecule has 0 bridgehead atoms. The van der Waals surface area contributed by atoms with Gasteiger partial charge in [-0.2, -0.15) is 0 Å².